The molecule has 1 unspecified atom stereocenters. The van der Waals surface area contributed by atoms with Crippen LogP contribution in [-0.4, -0.2) is 23.7 Å². The molecule has 12 heavy (non-hydrogen) atoms. The molecular weight excluding hydrogens is 153 g/mol. The largest absolute Gasteiger partial charge is 0.372 e. The minimum atomic E-state index is -1.00. The van der Waals surface area contributed by atoms with Crippen LogP contribution in [0.25, 0.3) is 0 Å². The second kappa shape index (κ2) is 3.46. The van der Waals surface area contributed by atoms with E-state index in [0.717, 1.165) is 25.1 Å². The van der Waals surface area contributed by atoms with Gasteiger partial charge < -0.3 is 4.90 Å². The molecule has 0 N–H and O–H groups in total. The number of likely N-dealkylation sites (tertiary alicyclic amines) is 1. The van der Waals surface area contributed by atoms with Crippen LogP contribution in [0.2, 0.25) is 0 Å². The Morgan fingerprint density at radius 1 is 1.67 bits per heavy atom. The smallest absolute Gasteiger partial charge is 0.125 e. The Morgan fingerprint density at radius 3 is 2.83 bits per heavy atom. The summed E-state index contributed by atoms with van der Waals surface area (Å²) in [6.45, 7) is 9.17. The van der Waals surface area contributed by atoms with E-state index in [0.29, 0.717) is 13.0 Å². The third-order valence-electron chi connectivity index (χ3n) is 2.50. The van der Waals surface area contributed by atoms with Gasteiger partial charge >= 0.3 is 0 Å². The van der Waals surface area contributed by atoms with E-state index >= 15 is 0 Å². The molecule has 1 saturated heterocycles. The highest BCUT2D eigenvalue weighted by atomic mass is 19.1. The fourth-order valence-electron chi connectivity index (χ4n) is 1.69. The summed E-state index contributed by atoms with van der Waals surface area (Å²) in [5.74, 6) is 0. The maximum Gasteiger partial charge on any atom is 0.125 e. The molecule has 0 amide bonds. The van der Waals surface area contributed by atoms with Crippen molar-refractivity contribution >= 4 is 0 Å². The lowest BCUT2D eigenvalue weighted by atomic mass is 9.96. The Bertz CT molecular complexity index is 175. The van der Waals surface area contributed by atoms with Crippen molar-refractivity contribution in [2.24, 2.45) is 0 Å². The standard InChI is InChI=1S/C10H18FN/c1-4-9(2)12-7-5-6-10(3,11)8-12/h2,4-8H2,1,3H3. The van der Waals surface area contributed by atoms with E-state index in [4.69, 9.17) is 0 Å². The molecule has 1 nitrogen and oxygen atoms in total. The number of halogens is 1. The Morgan fingerprint density at radius 2 is 2.33 bits per heavy atom. The average molecular weight is 171 g/mol. The van der Waals surface area contributed by atoms with Crippen LogP contribution in [0.15, 0.2) is 12.3 Å². The molecule has 0 spiro atoms. The molecular formula is C10H18FN. The van der Waals surface area contributed by atoms with Crippen molar-refractivity contribution in [3.05, 3.63) is 12.3 Å². The van der Waals surface area contributed by atoms with Crippen LogP contribution in [0, 0.1) is 0 Å². The van der Waals surface area contributed by atoms with Gasteiger partial charge in [0.25, 0.3) is 0 Å². The van der Waals surface area contributed by atoms with Gasteiger partial charge in [0.2, 0.25) is 0 Å². The number of piperidine rings is 1. The van der Waals surface area contributed by atoms with Crippen molar-refractivity contribution in [1.29, 1.82) is 0 Å². The molecule has 1 aliphatic heterocycles. The average Bonchev–Trinajstić information content (AvgIpc) is 2.01. The van der Waals surface area contributed by atoms with E-state index in [9.17, 15) is 4.39 Å². The van der Waals surface area contributed by atoms with Crippen molar-refractivity contribution in [3.8, 4) is 0 Å². The molecule has 1 aliphatic rings. The van der Waals surface area contributed by atoms with Gasteiger partial charge in [-0.25, -0.2) is 4.39 Å². The first-order chi connectivity index (χ1) is 5.55. The van der Waals surface area contributed by atoms with Gasteiger partial charge in [-0.3, -0.25) is 0 Å². The highest BCUT2D eigenvalue weighted by Crippen LogP contribution is 2.26. The van der Waals surface area contributed by atoms with Gasteiger partial charge in [0.05, 0.1) is 6.54 Å². The zero-order valence-corrected chi connectivity index (χ0v) is 8.07. The molecule has 0 aromatic heterocycles. The Balaban J connectivity index is 2.52. The minimum absolute atomic E-state index is 0.527. The van der Waals surface area contributed by atoms with Crippen LogP contribution in [0.5, 0.6) is 0 Å². The second-order valence-electron chi connectivity index (χ2n) is 3.86. The van der Waals surface area contributed by atoms with Crippen LogP contribution in [-0.2, 0) is 0 Å². The number of nitrogens with zero attached hydrogens (tertiary/aromatic N) is 1. The summed E-state index contributed by atoms with van der Waals surface area (Å²) in [5.41, 5.74) is 0.0645. The van der Waals surface area contributed by atoms with E-state index in [1.807, 2.05) is 0 Å². The molecule has 1 atom stereocenters. The fourth-order valence-corrected chi connectivity index (χ4v) is 1.69. The molecule has 0 radical (unpaired) electrons. The van der Waals surface area contributed by atoms with Gasteiger partial charge in [-0.05, 0) is 26.2 Å². The van der Waals surface area contributed by atoms with Gasteiger partial charge in [0, 0.05) is 12.2 Å². The van der Waals surface area contributed by atoms with E-state index in [1.54, 1.807) is 6.92 Å². The van der Waals surface area contributed by atoms with Gasteiger partial charge in [-0.15, -0.1) is 0 Å². The molecule has 0 bridgehead atoms. The summed E-state index contributed by atoms with van der Waals surface area (Å²) >= 11 is 0. The Hall–Kier alpha value is -0.530. The molecule has 0 aliphatic carbocycles. The zero-order valence-electron chi connectivity index (χ0n) is 8.07. The predicted molar refractivity (Wildman–Crippen MR) is 49.8 cm³/mol. The van der Waals surface area contributed by atoms with Gasteiger partial charge in [-0.2, -0.15) is 0 Å². The van der Waals surface area contributed by atoms with E-state index in [2.05, 4.69) is 18.4 Å². The third-order valence-corrected chi connectivity index (χ3v) is 2.50. The van der Waals surface area contributed by atoms with Crippen molar-refractivity contribution in [2.45, 2.75) is 38.8 Å². The molecule has 1 heterocycles. The summed E-state index contributed by atoms with van der Waals surface area (Å²) in [5, 5.41) is 0. The lowest BCUT2D eigenvalue weighted by molar-refractivity contribution is 0.0783. The summed E-state index contributed by atoms with van der Waals surface area (Å²) in [6, 6.07) is 0. The summed E-state index contributed by atoms with van der Waals surface area (Å²) in [4.78, 5) is 2.07. The number of hydrogen-bond donors (Lipinski definition) is 0. The Labute approximate surface area is 74.3 Å². The predicted octanol–water partition coefficient (Wildman–Crippen LogP) is 2.73. The molecule has 0 saturated carbocycles. The number of alkyl halides is 1. The lowest BCUT2D eigenvalue weighted by Crippen LogP contribution is -2.42. The van der Waals surface area contributed by atoms with Crippen LogP contribution in [0.1, 0.15) is 33.1 Å². The first-order valence-electron chi connectivity index (χ1n) is 4.67. The Kier molecular flexibility index (Phi) is 2.76. The highest BCUT2D eigenvalue weighted by Gasteiger charge is 2.30. The van der Waals surface area contributed by atoms with Crippen LogP contribution < -0.4 is 0 Å². The minimum Gasteiger partial charge on any atom is -0.372 e. The molecule has 0 aromatic carbocycles. The topological polar surface area (TPSA) is 3.24 Å². The van der Waals surface area contributed by atoms with Crippen LogP contribution in [0.4, 0.5) is 4.39 Å². The van der Waals surface area contributed by atoms with Crippen LogP contribution in [0.3, 0.4) is 0 Å². The summed E-state index contributed by atoms with van der Waals surface area (Å²) in [7, 11) is 0. The molecule has 1 rings (SSSR count). The van der Waals surface area contributed by atoms with Crippen molar-refractivity contribution in [3.63, 3.8) is 0 Å². The maximum atomic E-state index is 13.5. The molecule has 2 heteroatoms. The SMILES string of the molecule is C=C(CC)N1CCCC(C)(F)C1. The number of allylic oxidation sites excluding steroid dienone is 1. The van der Waals surface area contributed by atoms with Crippen LogP contribution >= 0.6 is 0 Å². The normalized spacial score (nSPS) is 30.4. The maximum absolute atomic E-state index is 13.5. The quantitative estimate of drug-likeness (QED) is 0.617. The lowest BCUT2D eigenvalue weighted by Gasteiger charge is -2.37. The van der Waals surface area contributed by atoms with Gasteiger partial charge in [-0.1, -0.05) is 13.5 Å². The highest BCUT2D eigenvalue weighted by molar-refractivity contribution is 4.98. The van der Waals surface area contributed by atoms with E-state index < -0.39 is 5.67 Å². The van der Waals surface area contributed by atoms with Crippen molar-refractivity contribution in [2.75, 3.05) is 13.1 Å². The van der Waals surface area contributed by atoms with Crippen molar-refractivity contribution in [1.82, 2.24) is 4.90 Å². The molecule has 70 valence electrons. The zero-order chi connectivity index (χ0) is 9.19. The molecule has 1 fully saturated rings. The van der Waals surface area contributed by atoms with E-state index in [-0.39, 0.29) is 0 Å². The second-order valence-corrected chi connectivity index (χ2v) is 3.86. The van der Waals surface area contributed by atoms with E-state index in [1.165, 1.54) is 0 Å². The third kappa shape index (κ3) is 2.23. The summed E-state index contributed by atoms with van der Waals surface area (Å²) < 4.78 is 13.5. The van der Waals surface area contributed by atoms with Gasteiger partial charge in [0.1, 0.15) is 5.67 Å². The monoisotopic (exact) mass is 171 g/mol. The number of rotatable bonds is 2. The fraction of sp³-hybridized carbons (Fsp3) is 0.800. The molecule has 0 aromatic rings. The first-order valence-corrected chi connectivity index (χ1v) is 4.67. The number of hydrogen-bond acceptors (Lipinski definition) is 1. The van der Waals surface area contributed by atoms with Crippen molar-refractivity contribution < 1.29 is 4.39 Å². The summed E-state index contributed by atoms with van der Waals surface area (Å²) in [6.07, 6.45) is 2.57. The van der Waals surface area contributed by atoms with Gasteiger partial charge in [0.15, 0.2) is 0 Å². The first kappa shape index (κ1) is 9.56.